The van der Waals surface area contributed by atoms with Gasteiger partial charge in [0.25, 0.3) is 10.0 Å². The maximum absolute atomic E-state index is 12.2. The Labute approximate surface area is 173 Å². The molecule has 0 fully saturated rings. The predicted octanol–water partition coefficient (Wildman–Crippen LogP) is 4.90. The Bertz CT molecular complexity index is 1040. The van der Waals surface area contributed by atoms with Crippen molar-refractivity contribution in [3.05, 3.63) is 71.1 Å². The van der Waals surface area contributed by atoms with Gasteiger partial charge in [-0.3, -0.25) is 9.52 Å². The lowest BCUT2D eigenvalue weighted by Crippen LogP contribution is -2.14. The summed E-state index contributed by atoms with van der Waals surface area (Å²) < 4.78 is 27.3. The molecule has 3 aromatic rings. The number of carbonyl (C=O) groups is 1. The summed E-state index contributed by atoms with van der Waals surface area (Å²) in [5, 5.41) is 4.62. The van der Waals surface area contributed by atoms with Gasteiger partial charge in [0.15, 0.2) is 0 Å². The fourth-order valence-electron chi connectivity index (χ4n) is 2.63. The Morgan fingerprint density at radius 1 is 1.00 bits per heavy atom. The number of hydrogen-bond acceptors (Lipinski definition) is 5. The third-order valence-electron chi connectivity index (χ3n) is 3.74. The Hall–Kier alpha value is -2.29. The zero-order valence-corrected chi connectivity index (χ0v) is 17.9. The largest absolute Gasteiger partial charge is 0.325 e. The highest BCUT2D eigenvalue weighted by molar-refractivity contribution is 8.00. The molecule has 0 aliphatic rings. The van der Waals surface area contributed by atoms with Crippen LogP contribution in [-0.2, 0) is 14.8 Å². The number of nitrogens with one attached hydrogen (secondary N) is 2. The number of hydrogen-bond donors (Lipinski definition) is 2. The summed E-state index contributed by atoms with van der Waals surface area (Å²) >= 11 is 2.56. The molecule has 0 bridgehead atoms. The van der Waals surface area contributed by atoms with Crippen LogP contribution in [0.3, 0.4) is 0 Å². The topological polar surface area (TPSA) is 75.3 Å². The molecule has 0 unspecified atom stereocenters. The average molecular weight is 433 g/mol. The van der Waals surface area contributed by atoms with E-state index in [9.17, 15) is 13.2 Å². The van der Waals surface area contributed by atoms with Crippen molar-refractivity contribution in [2.75, 3.05) is 15.8 Å². The predicted molar refractivity (Wildman–Crippen MR) is 117 cm³/mol. The maximum atomic E-state index is 12.2. The number of anilines is 2. The van der Waals surface area contributed by atoms with Gasteiger partial charge in [-0.05, 0) is 72.8 Å². The van der Waals surface area contributed by atoms with Gasteiger partial charge >= 0.3 is 0 Å². The minimum atomic E-state index is -3.55. The minimum Gasteiger partial charge on any atom is -0.325 e. The van der Waals surface area contributed by atoms with E-state index in [2.05, 4.69) is 16.1 Å². The van der Waals surface area contributed by atoms with Crippen LogP contribution < -0.4 is 10.0 Å². The fraction of sp³-hybridized carbons (Fsp3) is 0.150. The Balaban J connectivity index is 1.55. The molecule has 0 aliphatic carbocycles. The van der Waals surface area contributed by atoms with Crippen molar-refractivity contribution in [1.82, 2.24) is 0 Å². The molecule has 0 atom stereocenters. The van der Waals surface area contributed by atoms with Crippen molar-refractivity contribution in [1.29, 1.82) is 0 Å². The van der Waals surface area contributed by atoms with Gasteiger partial charge < -0.3 is 5.32 Å². The van der Waals surface area contributed by atoms with E-state index in [0.29, 0.717) is 5.69 Å². The first kappa shape index (κ1) is 20.4. The number of aryl methyl sites for hydroxylation is 2. The summed E-state index contributed by atoms with van der Waals surface area (Å²) in [6.07, 6.45) is 0. The summed E-state index contributed by atoms with van der Waals surface area (Å²) in [5.41, 5.74) is 3.48. The van der Waals surface area contributed by atoms with Gasteiger partial charge in [0.1, 0.15) is 4.21 Å². The van der Waals surface area contributed by atoms with E-state index in [1.165, 1.54) is 23.1 Å². The van der Waals surface area contributed by atoms with Gasteiger partial charge in [0.2, 0.25) is 5.91 Å². The van der Waals surface area contributed by atoms with Crippen LogP contribution in [0.1, 0.15) is 11.1 Å². The summed E-state index contributed by atoms with van der Waals surface area (Å²) in [4.78, 5) is 13.1. The van der Waals surface area contributed by atoms with Gasteiger partial charge in [0.05, 0.1) is 5.75 Å². The molecular weight excluding hydrogens is 412 g/mol. The van der Waals surface area contributed by atoms with Gasteiger partial charge in [0, 0.05) is 16.3 Å². The third kappa shape index (κ3) is 5.60. The van der Waals surface area contributed by atoms with E-state index < -0.39 is 10.0 Å². The van der Waals surface area contributed by atoms with Crippen molar-refractivity contribution in [3.63, 3.8) is 0 Å². The number of thiophene rings is 1. The van der Waals surface area contributed by atoms with Crippen molar-refractivity contribution in [2.24, 2.45) is 0 Å². The van der Waals surface area contributed by atoms with Crippen molar-refractivity contribution < 1.29 is 13.2 Å². The second-order valence-electron chi connectivity index (χ2n) is 6.28. The van der Waals surface area contributed by atoms with Gasteiger partial charge in [-0.1, -0.05) is 12.1 Å². The molecule has 3 rings (SSSR count). The molecule has 0 spiro atoms. The number of amides is 1. The molecular formula is C20H20N2O3S3. The molecule has 28 heavy (non-hydrogen) atoms. The molecule has 5 nitrogen and oxygen atoms in total. The lowest BCUT2D eigenvalue weighted by Gasteiger charge is -2.09. The summed E-state index contributed by atoms with van der Waals surface area (Å²) in [6, 6.07) is 16.1. The molecule has 0 radical (unpaired) electrons. The second-order valence-corrected chi connectivity index (χ2v) is 10.2. The summed E-state index contributed by atoms with van der Waals surface area (Å²) in [7, 11) is -3.55. The molecule has 2 aromatic carbocycles. The average Bonchev–Trinajstić information content (AvgIpc) is 3.15. The van der Waals surface area contributed by atoms with Gasteiger partial charge in [-0.15, -0.1) is 23.1 Å². The van der Waals surface area contributed by atoms with Crippen LogP contribution in [0.2, 0.25) is 0 Å². The molecule has 0 saturated heterocycles. The standard InChI is InChI=1S/C20H20N2O3S3/c1-14-10-15(2)12-17(11-14)21-19(23)13-27-18-7-5-16(6-8-18)22-28(24,25)20-4-3-9-26-20/h3-12,22H,13H2,1-2H3,(H,21,23). The highest BCUT2D eigenvalue weighted by Gasteiger charge is 2.15. The van der Waals surface area contributed by atoms with Crippen LogP contribution in [0.15, 0.2) is 69.1 Å². The summed E-state index contributed by atoms with van der Waals surface area (Å²) in [5.74, 6) is 0.185. The van der Waals surface area contributed by atoms with Crippen molar-refractivity contribution >= 4 is 50.4 Å². The van der Waals surface area contributed by atoms with Crippen molar-refractivity contribution in [2.45, 2.75) is 23.0 Å². The third-order valence-corrected chi connectivity index (χ3v) is 7.53. The lowest BCUT2D eigenvalue weighted by atomic mass is 10.1. The highest BCUT2D eigenvalue weighted by Crippen LogP contribution is 2.24. The SMILES string of the molecule is Cc1cc(C)cc(NC(=O)CSc2ccc(NS(=O)(=O)c3cccs3)cc2)c1. The second kappa shape index (κ2) is 8.81. The first-order valence-corrected chi connectivity index (χ1v) is 11.8. The Morgan fingerprint density at radius 2 is 1.68 bits per heavy atom. The van der Waals surface area contributed by atoms with Crippen LogP contribution in [0.25, 0.3) is 0 Å². The zero-order valence-electron chi connectivity index (χ0n) is 15.4. The first-order valence-electron chi connectivity index (χ1n) is 8.49. The molecule has 8 heteroatoms. The van der Waals surface area contributed by atoms with E-state index >= 15 is 0 Å². The smallest absolute Gasteiger partial charge is 0.271 e. The molecule has 1 amide bonds. The first-order chi connectivity index (χ1) is 13.3. The number of carbonyl (C=O) groups excluding carboxylic acids is 1. The minimum absolute atomic E-state index is 0.0857. The zero-order chi connectivity index (χ0) is 20.1. The molecule has 0 aliphatic heterocycles. The Kier molecular flexibility index (Phi) is 6.43. The highest BCUT2D eigenvalue weighted by atomic mass is 32.2. The molecule has 1 heterocycles. The number of rotatable bonds is 7. The molecule has 146 valence electrons. The fourth-order valence-corrected chi connectivity index (χ4v) is 5.38. The normalized spacial score (nSPS) is 11.2. The molecule has 2 N–H and O–H groups in total. The van der Waals surface area contributed by atoms with Crippen LogP contribution >= 0.6 is 23.1 Å². The van der Waals surface area contributed by atoms with Crippen LogP contribution in [-0.4, -0.2) is 20.1 Å². The van der Waals surface area contributed by atoms with Crippen LogP contribution in [0, 0.1) is 13.8 Å². The quantitative estimate of drug-likeness (QED) is 0.521. The van der Waals surface area contributed by atoms with Crippen molar-refractivity contribution in [3.8, 4) is 0 Å². The van der Waals surface area contributed by atoms with Gasteiger partial charge in [-0.2, -0.15) is 0 Å². The number of thioether (sulfide) groups is 1. The molecule has 0 saturated carbocycles. The molecule has 1 aromatic heterocycles. The van der Waals surface area contributed by atoms with E-state index in [-0.39, 0.29) is 15.9 Å². The van der Waals surface area contributed by atoms with E-state index in [0.717, 1.165) is 21.7 Å². The van der Waals surface area contributed by atoms with Gasteiger partial charge in [-0.25, -0.2) is 8.42 Å². The lowest BCUT2D eigenvalue weighted by molar-refractivity contribution is -0.113. The van der Waals surface area contributed by atoms with E-state index in [4.69, 9.17) is 0 Å². The number of benzene rings is 2. The Morgan fingerprint density at radius 3 is 2.29 bits per heavy atom. The van der Waals surface area contributed by atoms with E-state index in [1.807, 2.05) is 26.0 Å². The number of sulfonamides is 1. The van der Waals surface area contributed by atoms with Crippen LogP contribution in [0.5, 0.6) is 0 Å². The monoisotopic (exact) mass is 432 g/mol. The van der Waals surface area contributed by atoms with Crippen LogP contribution in [0.4, 0.5) is 11.4 Å². The van der Waals surface area contributed by atoms with E-state index in [1.54, 1.807) is 41.8 Å². The maximum Gasteiger partial charge on any atom is 0.271 e. The summed E-state index contributed by atoms with van der Waals surface area (Å²) in [6.45, 7) is 3.98.